The Balaban J connectivity index is 2.17. The van der Waals surface area contributed by atoms with Crippen LogP contribution in [0.4, 0.5) is 0 Å². The first-order valence-electron chi connectivity index (χ1n) is 5.95. The maximum Gasteiger partial charge on any atom is 0.339 e. The van der Waals surface area contributed by atoms with Gasteiger partial charge in [0.25, 0.3) is 5.91 Å². The van der Waals surface area contributed by atoms with E-state index in [-0.39, 0.29) is 17.2 Å². The van der Waals surface area contributed by atoms with Crippen LogP contribution < -0.4 is 10.1 Å². The Labute approximate surface area is 105 Å². The van der Waals surface area contributed by atoms with Crippen molar-refractivity contribution in [1.82, 2.24) is 5.32 Å². The van der Waals surface area contributed by atoms with Crippen molar-refractivity contribution in [1.29, 1.82) is 0 Å². The molecule has 1 unspecified atom stereocenters. The molecule has 1 fully saturated rings. The van der Waals surface area contributed by atoms with Crippen LogP contribution in [-0.2, 0) is 4.79 Å². The Morgan fingerprint density at radius 3 is 2.89 bits per heavy atom. The summed E-state index contributed by atoms with van der Waals surface area (Å²) >= 11 is 0. The summed E-state index contributed by atoms with van der Waals surface area (Å²) in [5, 5.41) is 11.8. The molecule has 0 bridgehead atoms. The third-order valence-electron chi connectivity index (χ3n) is 2.87. The summed E-state index contributed by atoms with van der Waals surface area (Å²) in [6, 6.07) is 6.35. The Kier molecular flexibility index (Phi) is 3.82. The number of hydrogen-bond donors (Lipinski definition) is 2. The molecule has 2 N–H and O–H groups in total. The number of benzene rings is 1. The summed E-state index contributed by atoms with van der Waals surface area (Å²) in [5.74, 6) is -0.987. The van der Waals surface area contributed by atoms with Gasteiger partial charge in [0.15, 0.2) is 6.10 Å². The molecule has 1 saturated heterocycles. The number of nitrogens with one attached hydrogen (secondary N) is 1. The van der Waals surface area contributed by atoms with E-state index < -0.39 is 12.1 Å². The molecule has 5 nitrogen and oxygen atoms in total. The molecule has 96 valence electrons. The number of rotatable bonds is 3. The van der Waals surface area contributed by atoms with Gasteiger partial charge in [0.1, 0.15) is 11.3 Å². The summed E-state index contributed by atoms with van der Waals surface area (Å²) in [4.78, 5) is 22.7. The van der Waals surface area contributed by atoms with Gasteiger partial charge in [-0.1, -0.05) is 12.1 Å². The van der Waals surface area contributed by atoms with E-state index in [1.807, 2.05) is 0 Å². The Hall–Kier alpha value is -2.04. The second kappa shape index (κ2) is 5.53. The molecule has 1 aromatic carbocycles. The number of carboxylic acids is 1. The zero-order valence-corrected chi connectivity index (χ0v) is 9.89. The van der Waals surface area contributed by atoms with E-state index in [9.17, 15) is 9.59 Å². The zero-order chi connectivity index (χ0) is 13.0. The van der Waals surface area contributed by atoms with E-state index in [0.717, 1.165) is 12.8 Å². The van der Waals surface area contributed by atoms with Gasteiger partial charge in [-0.2, -0.15) is 0 Å². The maximum absolute atomic E-state index is 11.7. The minimum Gasteiger partial charge on any atom is -0.480 e. The molecular formula is C13H15NO4. The molecule has 2 rings (SSSR count). The number of para-hydroxylation sites is 1. The van der Waals surface area contributed by atoms with Crippen molar-refractivity contribution in [3.05, 3.63) is 29.8 Å². The molecule has 1 aromatic rings. The lowest BCUT2D eigenvalue weighted by Crippen LogP contribution is -2.36. The molecule has 1 aliphatic heterocycles. The third kappa shape index (κ3) is 2.80. The van der Waals surface area contributed by atoms with E-state index in [4.69, 9.17) is 9.84 Å². The summed E-state index contributed by atoms with van der Waals surface area (Å²) < 4.78 is 5.55. The first-order chi connectivity index (χ1) is 8.68. The number of carbonyl (C=O) groups is 2. The fraction of sp³-hybridized carbons (Fsp3) is 0.385. The Morgan fingerprint density at radius 1 is 1.33 bits per heavy atom. The predicted molar refractivity (Wildman–Crippen MR) is 64.7 cm³/mol. The first kappa shape index (κ1) is 12.4. The molecule has 1 atom stereocenters. The van der Waals surface area contributed by atoms with Gasteiger partial charge >= 0.3 is 5.97 Å². The lowest BCUT2D eigenvalue weighted by molar-refractivity contribution is -0.127. The van der Waals surface area contributed by atoms with Crippen molar-refractivity contribution in [2.45, 2.75) is 25.4 Å². The van der Waals surface area contributed by atoms with E-state index in [1.165, 1.54) is 6.07 Å². The molecule has 0 spiro atoms. The van der Waals surface area contributed by atoms with Gasteiger partial charge in [-0.25, -0.2) is 4.79 Å². The molecule has 0 aromatic heterocycles. The molecule has 0 aliphatic carbocycles. The maximum atomic E-state index is 11.7. The smallest absolute Gasteiger partial charge is 0.339 e. The zero-order valence-electron chi connectivity index (χ0n) is 9.89. The van der Waals surface area contributed by atoms with Crippen molar-refractivity contribution in [2.24, 2.45) is 0 Å². The monoisotopic (exact) mass is 249 g/mol. The minimum atomic E-state index is -1.06. The van der Waals surface area contributed by atoms with Gasteiger partial charge in [0.2, 0.25) is 0 Å². The molecule has 18 heavy (non-hydrogen) atoms. The van der Waals surface area contributed by atoms with Crippen molar-refractivity contribution < 1.29 is 19.4 Å². The van der Waals surface area contributed by atoms with Crippen LogP contribution in [0.3, 0.4) is 0 Å². The number of aromatic carboxylic acids is 1. The fourth-order valence-electron chi connectivity index (χ4n) is 1.92. The summed E-state index contributed by atoms with van der Waals surface area (Å²) in [6.07, 6.45) is 1.82. The normalized spacial score (nSPS) is 19.8. The highest BCUT2D eigenvalue weighted by Crippen LogP contribution is 2.21. The molecule has 1 aliphatic rings. The van der Waals surface area contributed by atoms with E-state index in [1.54, 1.807) is 18.2 Å². The van der Waals surface area contributed by atoms with Gasteiger partial charge in [-0.3, -0.25) is 4.79 Å². The summed E-state index contributed by atoms with van der Waals surface area (Å²) in [6.45, 7) is 0.652. The van der Waals surface area contributed by atoms with Gasteiger partial charge in [0, 0.05) is 6.54 Å². The topological polar surface area (TPSA) is 75.6 Å². The Bertz CT molecular complexity index is 458. The van der Waals surface area contributed by atoms with Crippen molar-refractivity contribution >= 4 is 11.9 Å². The second-order valence-corrected chi connectivity index (χ2v) is 4.19. The quantitative estimate of drug-likeness (QED) is 0.849. The van der Waals surface area contributed by atoms with E-state index in [0.29, 0.717) is 13.0 Å². The molecule has 5 heteroatoms. The molecule has 0 saturated carbocycles. The lowest BCUT2D eigenvalue weighted by Gasteiger charge is -2.17. The SMILES string of the molecule is O=C(O)c1ccccc1OC1CCCCNC1=O. The predicted octanol–water partition coefficient (Wildman–Crippen LogP) is 1.43. The standard InChI is InChI=1S/C13H15NO4/c15-12-11(7-3-4-8-14-12)18-10-6-2-1-5-9(10)13(16)17/h1-2,5-6,11H,3-4,7-8H2,(H,14,15)(H,16,17). The molecular weight excluding hydrogens is 234 g/mol. The van der Waals surface area contributed by atoms with Crippen LogP contribution in [0.1, 0.15) is 29.6 Å². The van der Waals surface area contributed by atoms with Crippen molar-refractivity contribution in [3.63, 3.8) is 0 Å². The van der Waals surface area contributed by atoms with Crippen LogP contribution in [0.25, 0.3) is 0 Å². The van der Waals surface area contributed by atoms with Crippen LogP contribution in [0.5, 0.6) is 5.75 Å². The highest BCUT2D eigenvalue weighted by molar-refractivity contribution is 5.91. The highest BCUT2D eigenvalue weighted by atomic mass is 16.5. The number of hydrogen-bond acceptors (Lipinski definition) is 3. The van der Waals surface area contributed by atoms with Crippen LogP contribution in [-0.4, -0.2) is 29.6 Å². The van der Waals surface area contributed by atoms with E-state index in [2.05, 4.69) is 5.32 Å². The average Bonchev–Trinajstić information content (AvgIpc) is 2.55. The van der Waals surface area contributed by atoms with Crippen molar-refractivity contribution in [2.75, 3.05) is 6.54 Å². The van der Waals surface area contributed by atoms with Gasteiger partial charge in [0.05, 0.1) is 0 Å². The van der Waals surface area contributed by atoms with Crippen LogP contribution in [0, 0.1) is 0 Å². The van der Waals surface area contributed by atoms with Gasteiger partial charge in [-0.05, 0) is 31.4 Å². The number of carboxylic acid groups (broad SMARTS) is 1. The summed E-state index contributed by atoms with van der Waals surface area (Å²) in [5.41, 5.74) is 0.0783. The highest BCUT2D eigenvalue weighted by Gasteiger charge is 2.24. The number of ether oxygens (including phenoxy) is 1. The number of amides is 1. The minimum absolute atomic E-state index is 0.0783. The third-order valence-corrected chi connectivity index (χ3v) is 2.87. The fourth-order valence-corrected chi connectivity index (χ4v) is 1.92. The van der Waals surface area contributed by atoms with Gasteiger partial charge < -0.3 is 15.2 Å². The number of carbonyl (C=O) groups excluding carboxylic acids is 1. The molecule has 0 radical (unpaired) electrons. The molecule has 1 amide bonds. The first-order valence-corrected chi connectivity index (χ1v) is 5.95. The largest absolute Gasteiger partial charge is 0.480 e. The van der Waals surface area contributed by atoms with Crippen molar-refractivity contribution in [3.8, 4) is 5.75 Å². The molecule has 1 heterocycles. The Morgan fingerprint density at radius 2 is 2.11 bits per heavy atom. The van der Waals surface area contributed by atoms with Crippen LogP contribution in [0.2, 0.25) is 0 Å². The average molecular weight is 249 g/mol. The van der Waals surface area contributed by atoms with Crippen LogP contribution >= 0.6 is 0 Å². The summed E-state index contributed by atoms with van der Waals surface area (Å²) in [7, 11) is 0. The van der Waals surface area contributed by atoms with Gasteiger partial charge in [-0.15, -0.1) is 0 Å². The van der Waals surface area contributed by atoms with E-state index >= 15 is 0 Å². The second-order valence-electron chi connectivity index (χ2n) is 4.19. The lowest BCUT2D eigenvalue weighted by atomic mass is 10.1. The van der Waals surface area contributed by atoms with Crippen LogP contribution in [0.15, 0.2) is 24.3 Å².